The van der Waals surface area contributed by atoms with Crippen LogP contribution in [0.3, 0.4) is 0 Å². The second-order valence-electron chi connectivity index (χ2n) is 4.21. The summed E-state index contributed by atoms with van der Waals surface area (Å²) in [5, 5.41) is 16.0. The van der Waals surface area contributed by atoms with Gasteiger partial charge in [0.1, 0.15) is 5.01 Å². The summed E-state index contributed by atoms with van der Waals surface area (Å²) in [4.78, 5) is 27.6. The zero-order valence-electron chi connectivity index (χ0n) is 11.3. The van der Waals surface area contributed by atoms with Crippen molar-refractivity contribution in [3.8, 4) is 0 Å². The first kappa shape index (κ1) is 15.4. The van der Waals surface area contributed by atoms with E-state index in [2.05, 4.69) is 10.3 Å². The molecule has 0 spiro atoms. The number of carboxylic acid groups (broad SMARTS) is 1. The number of carboxylic acids is 1. The fourth-order valence-corrected chi connectivity index (χ4v) is 3.25. The van der Waals surface area contributed by atoms with Crippen LogP contribution in [0.15, 0.2) is 29.1 Å². The molecule has 2 rings (SSSR count). The molecule has 2 N–H and O–H groups in total. The van der Waals surface area contributed by atoms with Crippen LogP contribution in [0.5, 0.6) is 0 Å². The molecule has 2 aromatic rings. The Morgan fingerprint density at radius 1 is 1.48 bits per heavy atom. The average Bonchev–Trinajstić information content (AvgIpc) is 3.13. The minimum absolute atomic E-state index is 0.101. The number of nitrogens with one attached hydrogen (secondary N) is 1. The van der Waals surface area contributed by atoms with E-state index in [1.54, 1.807) is 17.6 Å². The van der Waals surface area contributed by atoms with Gasteiger partial charge in [-0.15, -0.1) is 22.7 Å². The minimum Gasteiger partial charge on any atom is -0.478 e. The number of thiazole rings is 1. The predicted molar refractivity (Wildman–Crippen MR) is 83.6 cm³/mol. The second-order valence-corrected chi connectivity index (χ2v) is 6.08. The normalized spacial score (nSPS) is 12.4. The highest BCUT2D eigenvalue weighted by Gasteiger charge is 2.16. The molecule has 1 unspecified atom stereocenters. The van der Waals surface area contributed by atoms with Gasteiger partial charge in [-0.05, 0) is 18.6 Å². The van der Waals surface area contributed by atoms with Crippen LogP contribution < -0.4 is 5.32 Å². The third kappa shape index (κ3) is 4.24. The van der Waals surface area contributed by atoms with Crippen molar-refractivity contribution >= 4 is 40.6 Å². The van der Waals surface area contributed by atoms with Gasteiger partial charge in [0.15, 0.2) is 0 Å². The van der Waals surface area contributed by atoms with Gasteiger partial charge in [-0.25, -0.2) is 9.78 Å². The molecule has 0 aliphatic rings. The first-order valence-electron chi connectivity index (χ1n) is 6.30. The van der Waals surface area contributed by atoms with Crippen LogP contribution in [0.25, 0.3) is 6.08 Å². The molecule has 0 bridgehead atoms. The molecule has 5 nitrogen and oxygen atoms in total. The van der Waals surface area contributed by atoms with Crippen LogP contribution >= 0.6 is 22.7 Å². The van der Waals surface area contributed by atoms with Crippen molar-refractivity contribution in [2.45, 2.75) is 19.4 Å². The van der Waals surface area contributed by atoms with Crippen LogP contribution in [-0.2, 0) is 4.79 Å². The van der Waals surface area contributed by atoms with Gasteiger partial charge in [0.25, 0.3) is 5.91 Å². The number of carbonyl (C=O) groups is 2. The summed E-state index contributed by atoms with van der Waals surface area (Å²) in [6.07, 6.45) is 5.00. The van der Waals surface area contributed by atoms with E-state index in [4.69, 9.17) is 5.11 Å². The summed E-state index contributed by atoms with van der Waals surface area (Å²) in [6.45, 7) is 1.99. The lowest BCUT2D eigenvalue weighted by Gasteiger charge is -2.13. The molecule has 0 fully saturated rings. The fourth-order valence-electron chi connectivity index (χ4n) is 1.70. The maximum Gasteiger partial charge on any atom is 0.328 e. The Morgan fingerprint density at radius 3 is 2.90 bits per heavy atom. The van der Waals surface area contributed by atoms with Crippen molar-refractivity contribution in [3.63, 3.8) is 0 Å². The van der Waals surface area contributed by atoms with Crippen molar-refractivity contribution in [3.05, 3.63) is 44.5 Å². The minimum atomic E-state index is -1.01. The third-order valence-electron chi connectivity index (χ3n) is 2.74. The van der Waals surface area contributed by atoms with Gasteiger partial charge in [0.2, 0.25) is 0 Å². The second kappa shape index (κ2) is 7.14. The van der Waals surface area contributed by atoms with Gasteiger partial charge < -0.3 is 10.4 Å². The van der Waals surface area contributed by atoms with Crippen LogP contribution in [0.4, 0.5) is 0 Å². The Kier molecular flexibility index (Phi) is 5.24. The number of hydrogen-bond donors (Lipinski definition) is 2. The van der Waals surface area contributed by atoms with E-state index in [1.165, 1.54) is 28.7 Å². The number of aromatic nitrogens is 1. The molecule has 0 radical (unpaired) electrons. The van der Waals surface area contributed by atoms with Gasteiger partial charge in [-0.1, -0.05) is 6.92 Å². The van der Waals surface area contributed by atoms with E-state index in [0.717, 1.165) is 22.4 Å². The number of nitrogens with zero attached hydrogens (tertiary/aromatic N) is 1. The Hall–Kier alpha value is -1.99. The van der Waals surface area contributed by atoms with Gasteiger partial charge in [0, 0.05) is 27.9 Å². The summed E-state index contributed by atoms with van der Waals surface area (Å²) in [6, 6.07) is 1.57. The van der Waals surface area contributed by atoms with E-state index >= 15 is 0 Å². The van der Waals surface area contributed by atoms with Crippen LogP contribution in [0.1, 0.15) is 39.6 Å². The predicted octanol–water partition coefficient (Wildman–Crippen LogP) is 3.18. The fraction of sp³-hybridized carbons (Fsp3) is 0.214. The summed E-state index contributed by atoms with van der Waals surface area (Å²) in [5.74, 6) is -1.19. The summed E-state index contributed by atoms with van der Waals surface area (Å²) >= 11 is 2.84. The lowest BCUT2D eigenvalue weighted by atomic mass is 10.2. The highest BCUT2D eigenvalue weighted by molar-refractivity contribution is 7.11. The van der Waals surface area contributed by atoms with Crippen molar-refractivity contribution in [2.24, 2.45) is 0 Å². The molecule has 0 saturated carbocycles. The molecular formula is C14H14N2O3S2. The van der Waals surface area contributed by atoms with E-state index in [-0.39, 0.29) is 11.9 Å². The highest BCUT2D eigenvalue weighted by Crippen LogP contribution is 2.21. The molecule has 0 saturated heterocycles. The molecule has 0 aliphatic carbocycles. The maximum absolute atomic E-state index is 12.2. The zero-order valence-corrected chi connectivity index (χ0v) is 12.9. The van der Waals surface area contributed by atoms with E-state index < -0.39 is 5.97 Å². The topological polar surface area (TPSA) is 79.3 Å². The van der Waals surface area contributed by atoms with Crippen molar-refractivity contribution in [2.75, 3.05) is 0 Å². The molecule has 110 valence electrons. The molecular weight excluding hydrogens is 308 g/mol. The quantitative estimate of drug-likeness (QED) is 0.801. The lowest BCUT2D eigenvalue weighted by molar-refractivity contribution is -0.131. The van der Waals surface area contributed by atoms with Crippen LogP contribution in [0.2, 0.25) is 0 Å². The first-order chi connectivity index (χ1) is 10.1. The molecule has 0 aromatic carbocycles. The number of carbonyl (C=O) groups excluding carboxylic acids is 1. The summed E-state index contributed by atoms with van der Waals surface area (Å²) in [7, 11) is 0. The van der Waals surface area contributed by atoms with Gasteiger partial charge >= 0.3 is 5.97 Å². The molecule has 1 amide bonds. The van der Waals surface area contributed by atoms with E-state index in [9.17, 15) is 9.59 Å². The number of hydrogen-bond acceptors (Lipinski definition) is 5. The van der Waals surface area contributed by atoms with Crippen LogP contribution in [-0.4, -0.2) is 22.0 Å². The molecule has 0 aliphatic heterocycles. The lowest BCUT2D eigenvalue weighted by Crippen LogP contribution is -2.27. The first-order valence-corrected chi connectivity index (χ1v) is 8.06. The summed E-state index contributed by atoms with van der Waals surface area (Å²) < 4.78 is 0. The molecule has 7 heteroatoms. The Labute approximate surface area is 130 Å². The van der Waals surface area contributed by atoms with Crippen LogP contribution in [0, 0.1) is 0 Å². The van der Waals surface area contributed by atoms with Gasteiger partial charge in [-0.3, -0.25) is 4.79 Å². The third-order valence-corrected chi connectivity index (χ3v) is 4.52. The monoisotopic (exact) mass is 322 g/mol. The largest absolute Gasteiger partial charge is 0.478 e. The Morgan fingerprint density at radius 2 is 2.29 bits per heavy atom. The zero-order chi connectivity index (χ0) is 15.2. The van der Waals surface area contributed by atoms with Crippen molar-refractivity contribution in [1.82, 2.24) is 10.3 Å². The smallest absolute Gasteiger partial charge is 0.328 e. The van der Waals surface area contributed by atoms with E-state index in [0.29, 0.717) is 5.56 Å². The van der Waals surface area contributed by atoms with Crippen molar-refractivity contribution < 1.29 is 14.7 Å². The number of aliphatic carboxylic acids is 1. The molecule has 21 heavy (non-hydrogen) atoms. The molecule has 2 aromatic heterocycles. The number of amides is 1. The molecule has 1 atom stereocenters. The molecule has 2 heterocycles. The average molecular weight is 322 g/mol. The Balaban J connectivity index is 2.05. The number of thiophene rings is 1. The standard InChI is InChI=1S/C14H14N2O3S2/c1-2-11(14-15-5-6-20-14)16-13(19)9-7-10(21-8-9)3-4-12(17)18/h3-8,11H,2H2,1H3,(H,16,19)(H,17,18). The SMILES string of the molecule is CCC(NC(=O)c1csc(C=CC(=O)O)c1)c1nccs1. The highest BCUT2D eigenvalue weighted by atomic mass is 32.1. The summed E-state index contributed by atoms with van der Waals surface area (Å²) in [5.41, 5.74) is 0.528. The van der Waals surface area contributed by atoms with E-state index in [1.807, 2.05) is 12.3 Å². The van der Waals surface area contributed by atoms with Gasteiger partial charge in [-0.2, -0.15) is 0 Å². The maximum atomic E-state index is 12.2. The Bertz CT molecular complexity index is 647. The van der Waals surface area contributed by atoms with Crippen molar-refractivity contribution in [1.29, 1.82) is 0 Å². The number of rotatable bonds is 6. The van der Waals surface area contributed by atoms with Gasteiger partial charge in [0.05, 0.1) is 11.6 Å².